The lowest BCUT2D eigenvalue weighted by Crippen LogP contribution is -2.40. The molecule has 0 spiro atoms. The Hall–Kier alpha value is -1.85. The third-order valence-electron chi connectivity index (χ3n) is 6.76. The molecule has 2 aliphatic carbocycles. The van der Waals surface area contributed by atoms with Gasteiger partial charge in [0.25, 0.3) is 0 Å². The maximum Gasteiger partial charge on any atom is 0.246 e. The minimum absolute atomic E-state index is 0.0133. The first-order valence-corrected chi connectivity index (χ1v) is 11.2. The summed E-state index contributed by atoms with van der Waals surface area (Å²) in [5.74, 6) is 1.76. The SMILES string of the molecule is COCC(=O)N[C@H]1CC[C@H](CCN2CCCCC2c2coc3cccc-3c2)CC1. The molecule has 2 fully saturated rings. The highest BCUT2D eigenvalue weighted by atomic mass is 16.5. The molecule has 0 aromatic heterocycles. The van der Waals surface area contributed by atoms with Crippen LogP contribution < -0.4 is 5.32 Å². The van der Waals surface area contributed by atoms with E-state index in [9.17, 15) is 4.79 Å². The van der Waals surface area contributed by atoms with Crippen LogP contribution in [0.1, 0.15) is 63.0 Å². The second-order valence-corrected chi connectivity index (χ2v) is 8.78. The number of methoxy groups -OCH3 is 1. The Labute approximate surface area is 174 Å². The minimum Gasteiger partial charge on any atom is -0.464 e. The maximum atomic E-state index is 11.7. The molecular formula is C24H34N2O3. The average molecular weight is 399 g/mol. The number of carbonyl (C=O) groups is 1. The van der Waals surface area contributed by atoms with Crippen LogP contribution in [0.25, 0.3) is 11.3 Å². The molecule has 0 aromatic rings. The van der Waals surface area contributed by atoms with Crippen LogP contribution in [0.3, 0.4) is 0 Å². The van der Waals surface area contributed by atoms with Crippen LogP contribution in [0.5, 0.6) is 0 Å². The molecule has 5 heteroatoms. The normalized spacial score (nSPS) is 25.9. The van der Waals surface area contributed by atoms with Gasteiger partial charge in [-0.15, -0.1) is 0 Å². The second kappa shape index (κ2) is 9.77. The summed E-state index contributed by atoms with van der Waals surface area (Å²) in [4.78, 5) is 14.4. The first kappa shape index (κ1) is 20.4. The van der Waals surface area contributed by atoms with E-state index in [1.807, 2.05) is 12.3 Å². The van der Waals surface area contributed by atoms with Crippen molar-refractivity contribution >= 4 is 5.91 Å². The topological polar surface area (TPSA) is 54.7 Å². The van der Waals surface area contributed by atoms with Crippen molar-refractivity contribution in [1.29, 1.82) is 0 Å². The molecule has 1 unspecified atom stereocenters. The summed E-state index contributed by atoms with van der Waals surface area (Å²) in [6.45, 7) is 2.51. The van der Waals surface area contributed by atoms with Crippen molar-refractivity contribution in [3.05, 3.63) is 36.1 Å². The van der Waals surface area contributed by atoms with Gasteiger partial charge in [0.15, 0.2) is 0 Å². The van der Waals surface area contributed by atoms with Crippen LogP contribution in [0, 0.1) is 5.92 Å². The van der Waals surface area contributed by atoms with Gasteiger partial charge in [0.2, 0.25) is 5.91 Å². The number of rotatable bonds is 7. The molecule has 0 bridgehead atoms. The van der Waals surface area contributed by atoms with Crippen molar-refractivity contribution in [3.63, 3.8) is 0 Å². The van der Waals surface area contributed by atoms with Gasteiger partial charge >= 0.3 is 0 Å². The van der Waals surface area contributed by atoms with Crippen molar-refractivity contribution in [2.45, 2.75) is 63.5 Å². The highest BCUT2D eigenvalue weighted by Gasteiger charge is 2.27. The standard InChI is InChI=1S/C24H34N2O3/c1-28-17-24(27)25-21-10-8-18(9-11-21)12-14-26-13-3-2-6-22(26)20-15-19-5-4-7-23(19)29-16-20/h4-5,7,15-16,18,21-22H,2-3,6,8-14,17H2,1H3,(H,25,27)/t18-,21-,22?. The van der Waals surface area contributed by atoms with Crippen molar-refractivity contribution in [3.8, 4) is 11.3 Å². The van der Waals surface area contributed by atoms with E-state index in [2.05, 4.69) is 28.4 Å². The number of amides is 1. The smallest absolute Gasteiger partial charge is 0.246 e. The second-order valence-electron chi connectivity index (χ2n) is 8.78. The zero-order valence-electron chi connectivity index (χ0n) is 17.6. The fourth-order valence-corrected chi connectivity index (χ4v) is 5.14. The van der Waals surface area contributed by atoms with E-state index in [0.29, 0.717) is 12.1 Å². The van der Waals surface area contributed by atoms with Gasteiger partial charge in [-0.25, -0.2) is 0 Å². The quantitative estimate of drug-likeness (QED) is 0.739. The molecule has 1 saturated heterocycles. The minimum atomic E-state index is 0.0133. The van der Waals surface area contributed by atoms with Gasteiger partial charge in [-0.2, -0.15) is 0 Å². The van der Waals surface area contributed by atoms with Crippen LogP contribution in [0.2, 0.25) is 0 Å². The van der Waals surface area contributed by atoms with Gasteiger partial charge in [0, 0.05) is 30.3 Å². The van der Waals surface area contributed by atoms with Crippen LogP contribution in [-0.4, -0.2) is 43.7 Å². The monoisotopic (exact) mass is 398 g/mol. The zero-order valence-corrected chi connectivity index (χ0v) is 17.6. The number of hydrogen-bond acceptors (Lipinski definition) is 4. The third kappa shape index (κ3) is 5.20. The molecule has 5 nitrogen and oxygen atoms in total. The van der Waals surface area contributed by atoms with Gasteiger partial charge in [0.05, 0.1) is 6.26 Å². The summed E-state index contributed by atoms with van der Waals surface area (Å²) in [6, 6.07) is 9.36. The summed E-state index contributed by atoms with van der Waals surface area (Å²) in [6.07, 6.45) is 11.7. The lowest BCUT2D eigenvalue weighted by Gasteiger charge is -2.37. The first-order chi connectivity index (χ1) is 14.2. The Morgan fingerprint density at radius 2 is 2.07 bits per heavy atom. The van der Waals surface area contributed by atoms with Crippen LogP contribution in [0.15, 0.2) is 34.9 Å². The molecule has 1 N–H and O–H groups in total. The largest absolute Gasteiger partial charge is 0.464 e. The number of ether oxygens (including phenoxy) is 1. The van der Waals surface area contributed by atoms with Gasteiger partial charge in [-0.05, 0) is 76.1 Å². The molecule has 158 valence electrons. The number of fused-ring (bicyclic) bond motifs is 1. The molecule has 2 heterocycles. The van der Waals surface area contributed by atoms with Gasteiger partial charge in [0.1, 0.15) is 12.4 Å². The highest BCUT2D eigenvalue weighted by Crippen LogP contribution is 2.36. The average Bonchev–Trinajstić information content (AvgIpc) is 3.21. The third-order valence-corrected chi connectivity index (χ3v) is 6.76. The predicted octanol–water partition coefficient (Wildman–Crippen LogP) is 4.62. The maximum absolute atomic E-state index is 11.7. The molecule has 0 radical (unpaired) electrons. The summed E-state index contributed by atoms with van der Waals surface area (Å²) < 4.78 is 10.8. The van der Waals surface area contributed by atoms with Crippen molar-refractivity contribution in [2.75, 3.05) is 26.8 Å². The van der Waals surface area contributed by atoms with Crippen molar-refractivity contribution in [2.24, 2.45) is 5.92 Å². The molecule has 2 aliphatic heterocycles. The van der Waals surface area contributed by atoms with E-state index in [1.165, 1.54) is 56.2 Å². The summed E-state index contributed by atoms with van der Waals surface area (Å²) in [7, 11) is 1.57. The number of nitrogens with zero attached hydrogens (tertiary/aromatic N) is 1. The summed E-state index contributed by atoms with van der Waals surface area (Å²) in [5, 5.41) is 3.10. The van der Waals surface area contributed by atoms with Crippen molar-refractivity contribution in [1.82, 2.24) is 10.2 Å². The Morgan fingerprint density at radius 3 is 2.90 bits per heavy atom. The number of nitrogens with one attached hydrogen (secondary N) is 1. The molecular weight excluding hydrogens is 364 g/mol. The van der Waals surface area contributed by atoms with E-state index in [1.54, 1.807) is 7.11 Å². The van der Waals surface area contributed by atoms with E-state index >= 15 is 0 Å². The molecule has 4 rings (SSSR count). The molecule has 29 heavy (non-hydrogen) atoms. The van der Waals surface area contributed by atoms with Crippen molar-refractivity contribution < 1.29 is 13.9 Å². The zero-order chi connectivity index (χ0) is 20.1. The fraction of sp³-hybridized carbons (Fsp3) is 0.625. The first-order valence-electron chi connectivity index (χ1n) is 11.2. The number of carbonyl (C=O) groups excluding carboxylic acids is 1. The number of hydrogen-bond donors (Lipinski definition) is 1. The Balaban J connectivity index is 1.28. The predicted molar refractivity (Wildman–Crippen MR) is 114 cm³/mol. The molecule has 0 aromatic carbocycles. The molecule has 1 saturated carbocycles. The Morgan fingerprint density at radius 1 is 1.21 bits per heavy atom. The summed E-state index contributed by atoms with van der Waals surface area (Å²) >= 11 is 0. The van der Waals surface area contributed by atoms with E-state index in [4.69, 9.17) is 9.15 Å². The van der Waals surface area contributed by atoms with Gasteiger partial charge < -0.3 is 14.5 Å². The molecule has 1 amide bonds. The number of likely N-dealkylation sites (tertiary alicyclic amines) is 1. The van der Waals surface area contributed by atoms with E-state index in [-0.39, 0.29) is 12.5 Å². The molecule has 4 aliphatic rings. The van der Waals surface area contributed by atoms with Crippen LogP contribution >= 0.6 is 0 Å². The van der Waals surface area contributed by atoms with Gasteiger partial charge in [-0.3, -0.25) is 9.69 Å². The van der Waals surface area contributed by atoms with Crippen LogP contribution in [-0.2, 0) is 9.53 Å². The van der Waals surface area contributed by atoms with E-state index < -0.39 is 0 Å². The van der Waals surface area contributed by atoms with Gasteiger partial charge in [-0.1, -0.05) is 18.6 Å². The highest BCUT2D eigenvalue weighted by molar-refractivity contribution is 5.77. The Kier molecular flexibility index (Phi) is 6.88. The molecule has 1 atom stereocenters. The van der Waals surface area contributed by atoms with Crippen LogP contribution in [0.4, 0.5) is 0 Å². The van der Waals surface area contributed by atoms with E-state index in [0.717, 1.165) is 31.1 Å². The number of piperidine rings is 1. The summed E-state index contributed by atoms with van der Waals surface area (Å²) in [5.41, 5.74) is 2.54. The Bertz CT molecular complexity index is 750. The lowest BCUT2D eigenvalue weighted by atomic mass is 9.83. The fourth-order valence-electron chi connectivity index (χ4n) is 5.14. The lowest BCUT2D eigenvalue weighted by molar-refractivity contribution is -0.125.